The lowest BCUT2D eigenvalue weighted by Crippen LogP contribution is -2.54. The number of carbonyl (C=O) groups excluding carboxylic acids is 2. The van der Waals surface area contributed by atoms with Gasteiger partial charge in [-0.05, 0) is 69.3 Å². The number of piperidine rings is 1. The zero-order chi connectivity index (χ0) is 22.8. The van der Waals surface area contributed by atoms with Gasteiger partial charge in [-0.25, -0.2) is 4.79 Å². The van der Waals surface area contributed by atoms with Crippen molar-refractivity contribution in [2.24, 2.45) is 5.92 Å². The molecule has 0 radical (unpaired) electrons. The fraction of sp³-hybridized carbons (Fsp3) is 0.500. The lowest BCUT2D eigenvalue weighted by Gasteiger charge is -2.40. The van der Waals surface area contributed by atoms with Crippen LogP contribution < -0.4 is 5.32 Å². The van der Waals surface area contributed by atoms with Gasteiger partial charge in [0.15, 0.2) is 5.54 Å². The minimum absolute atomic E-state index is 0.00731. The topological polar surface area (TPSA) is 74.8 Å². The van der Waals surface area contributed by atoms with Crippen LogP contribution in [0.1, 0.15) is 42.5 Å². The maximum absolute atomic E-state index is 13.9. The molecular weight excluding hydrogens is 416 g/mol. The van der Waals surface area contributed by atoms with Crippen LogP contribution in [0.2, 0.25) is 0 Å². The minimum Gasteiger partial charge on any atom is -0.376 e. The van der Waals surface area contributed by atoms with E-state index in [1.807, 2.05) is 18.2 Å². The van der Waals surface area contributed by atoms with Crippen LogP contribution in [0.15, 0.2) is 48.7 Å². The fourth-order valence-corrected chi connectivity index (χ4v) is 5.60. The van der Waals surface area contributed by atoms with Crippen molar-refractivity contribution in [3.05, 3.63) is 65.5 Å². The number of aryl methyl sites for hydroxylation is 1. The monoisotopic (exact) mass is 448 g/mol. The molecule has 1 N–H and O–H groups in total. The van der Waals surface area contributed by atoms with Crippen LogP contribution >= 0.6 is 0 Å². The summed E-state index contributed by atoms with van der Waals surface area (Å²) < 4.78 is 5.71. The van der Waals surface area contributed by atoms with Gasteiger partial charge in [-0.2, -0.15) is 0 Å². The number of amides is 3. The Morgan fingerprint density at radius 1 is 1.12 bits per heavy atom. The highest BCUT2D eigenvalue weighted by atomic mass is 16.5. The van der Waals surface area contributed by atoms with Gasteiger partial charge in [-0.15, -0.1) is 0 Å². The first-order valence-corrected chi connectivity index (χ1v) is 12.0. The zero-order valence-electron chi connectivity index (χ0n) is 19.2. The van der Waals surface area contributed by atoms with Gasteiger partial charge >= 0.3 is 6.03 Å². The number of hydrogen-bond acceptors (Lipinski definition) is 5. The van der Waals surface area contributed by atoms with Gasteiger partial charge in [0.1, 0.15) is 0 Å². The fourth-order valence-electron chi connectivity index (χ4n) is 5.60. The van der Waals surface area contributed by atoms with Gasteiger partial charge in [0.2, 0.25) is 0 Å². The van der Waals surface area contributed by atoms with Crippen LogP contribution in [0.5, 0.6) is 0 Å². The van der Waals surface area contributed by atoms with Gasteiger partial charge < -0.3 is 10.1 Å². The Hall–Kier alpha value is -2.77. The second kappa shape index (κ2) is 9.23. The van der Waals surface area contributed by atoms with Crippen molar-refractivity contribution in [3.8, 4) is 0 Å². The van der Waals surface area contributed by atoms with E-state index in [-0.39, 0.29) is 24.0 Å². The molecule has 0 saturated carbocycles. The van der Waals surface area contributed by atoms with Gasteiger partial charge in [-0.1, -0.05) is 35.9 Å². The molecule has 3 amide bonds. The summed E-state index contributed by atoms with van der Waals surface area (Å²) in [6.45, 7) is 5.77. The molecule has 3 fully saturated rings. The number of urea groups is 1. The Labute approximate surface area is 195 Å². The zero-order valence-corrected chi connectivity index (χ0v) is 19.2. The number of hydrogen-bond donors (Lipinski definition) is 1. The summed E-state index contributed by atoms with van der Waals surface area (Å²) >= 11 is 0. The number of rotatable bonds is 6. The van der Waals surface area contributed by atoms with Crippen molar-refractivity contribution in [1.29, 1.82) is 0 Å². The van der Waals surface area contributed by atoms with Crippen molar-refractivity contribution < 1.29 is 14.3 Å². The van der Waals surface area contributed by atoms with E-state index < -0.39 is 5.54 Å². The standard InChI is InChI=1S/C26H32N4O3/c1-19-6-4-7-20(16-19)17-29-13-10-21(11-14-29)26(23-9-2-3-12-27-23)24(31)30(25(32)28-26)18-22-8-5-15-33-22/h2-4,6-7,9,12,16,21-22H,5,8,10-11,13-15,17-18H2,1H3,(H,28,32)/t22-,26-/m0/s1. The number of nitrogens with zero attached hydrogens (tertiary/aromatic N) is 3. The van der Waals surface area contributed by atoms with E-state index >= 15 is 0 Å². The lowest BCUT2D eigenvalue weighted by atomic mass is 9.75. The quantitative estimate of drug-likeness (QED) is 0.687. The molecule has 1 aromatic heterocycles. The molecule has 3 saturated heterocycles. The van der Waals surface area contributed by atoms with Crippen molar-refractivity contribution in [2.45, 2.75) is 50.8 Å². The molecular formula is C26H32N4O3. The first-order valence-electron chi connectivity index (χ1n) is 12.0. The number of carbonyl (C=O) groups is 2. The molecule has 0 aliphatic carbocycles. The van der Waals surface area contributed by atoms with E-state index in [1.54, 1.807) is 6.20 Å². The summed E-state index contributed by atoms with van der Waals surface area (Å²) in [5, 5.41) is 3.10. The average Bonchev–Trinajstić information content (AvgIpc) is 3.43. The second-order valence-corrected chi connectivity index (χ2v) is 9.54. The van der Waals surface area contributed by atoms with E-state index in [2.05, 4.69) is 46.4 Å². The highest BCUT2D eigenvalue weighted by Gasteiger charge is 2.58. The molecule has 5 rings (SSSR count). The number of benzene rings is 1. The van der Waals surface area contributed by atoms with E-state index in [4.69, 9.17) is 4.74 Å². The largest absolute Gasteiger partial charge is 0.376 e. The number of imide groups is 1. The molecule has 0 spiro atoms. The SMILES string of the molecule is Cc1cccc(CN2CCC([C@@]3(c4ccccn4)NC(=O)N(C[C@@H]4CCCO4)C3=O)CC2)c1. The highest BCUT2D eigenvalue weighted by Crippen LogP contribution is 2.41. The normalized spacial score (nSPS) is 26.7. The maximum Gasteiger partial charge on any atom is 0.325 e. The minimum atomic E-state index is -1.10. The Morgan fingerprint density at radius 3 is 2.67 bits per heavy atom. The van der Waals surface area contributed by atoms with Gasteiger partial charge in [0.05, 0.1) is 18.3 Å². The van der Waals surface area contributed by atoms with Gasteiger partial charge in [-0.3, -0.25) is 19.6 Å². The molecule has 2 aromatic rings. The summed E-state index contributed by atoms with van der Waals surface area (Å²) in [6, 6.07) is 13.9. The first kappa shape index (κ1) is 22.0. The third-order valence-corrected chi connectivity index (χ3v) is 7.30. The van der Waals surface area contributed by atoms with E-state index in [0.717, 1.165) is 45.3 Å². The van der Waals surface area contributed by atoms with Gasteiger partial charge in [0.25, 0.3) is 5.91 Å². The Bertz CT molecular complexity index is 1000. The molecule has 7 nitrogen and oxygen atoms in total. The molecule has 0 bridgehead atoms. The molecule has 7 heteroatoms. The van der Waals surface area contributed by atoms with Crippen LogP contribution in [-0.4, -0.2) is 59.1 Å². The Kier molecular flexibility index (Phi) is 6.17. The summed E-state index contributed by atoms with van der Waals surface area (Å²) in [6.07, 6.45) is 5.12. The number of nitrogens with one attached hydrogen (secondary N) is 1. The number of ether oxygens (including phenoxy) is 1. The lowest BCUT2D eigenvalue weighted by molar-refractivity contribution is -0.135. The summed E-state index contributed by atoms with van der Waals surface area (Å²) in [5.74, 6) is -0.189. The first-order chi connectivity index (χ1) is 16.1. The second-order valence-electron chi connectivity index (χ2n) is 9.54. The molecule has 0 unspecified atom stereocenters. The maximum atomic E-state index is 13.9. The third kappa shape index (κ3) is 4.27. The van der Waals surface area contributed by atoms with Crippen LogP contribution in [0.25, 0.3) is 0 Å². The number of pyridine rings is 1. The molecule has 2 atom stereocenters. The average molecular weight is 449 g/mol. The number of aromatic nitrogens is 1. The molecule has 3 aliphatic heterocycles. The van der Waals surface area contributed by atoms with Crippen molar-refractivity contribution in [1.82, 2.24) is 20.1 Å². The van der Waals surface area contributed by atoms with E-state index in [1.165, 1.54) is 16.0 Å². The van der Waals surface area contributed by atoms with Crippen LogP contribution in [0.4, 0.5) is 4.79 Å². The molecule has 33 heavy (non-hydrogen) atoms. The third-order valence-electron chi connectivity index (χ3n) is 7.30. The summed E-state index contributed by atoms with van der Waals surface area (Å²) in [5.41, 5.74) is 2.10. The highest BCUT2D eigenvalue weighted by molar-refractivity contribution is 6.07. The van der Waals surface area contributed by atoms with Crippen molar-refractivity contribution in [3.63, 3.8) is 0 Å². The number of likely N-dealkylation sites (tertiary alicyclic amines) is 1. The molecule has 174 valence electrons. The van der Waals surface area contributed by atoms with Crippen LogP contribution in [0, 0.1) is 12.8 Å². The van der Waals surface area contributed by atoms with Crippen LogP contribution in [0.3, 0.4) is 0 Å². The van der Waals surface area contributed by atoms with Crippen molar-refractivity contribution in [2.75, 3.05) is 26.2 Å². The van der Waals surface area contributed by atoms with E-state index in [0.29, 0.717) is 18.8 Å². The summed E-state index contributed by atoms with van der Waals surface area (Å²) in [7, 11) is 0. The smallest absolute Gasteiger partial charge is 0.325 e. The van der Waals surface area contributed by atoms with Gasteiger partial charge in [0, 0.05) is 19.3 Å². The predicted octanol–water partition coefficient (Wildman–Crippen LogP) is 3.23. The summed E-state index contributed by atoms with van der Waals surface area (Å²) in [4.78, 5) is 35.3. The Balaban J connectivity index is 1.35. The molecule has 1 aromatic carbocycles. The predicted molar refractivity (Wildman–Crippen MR) is 124 cm³/mol. The van der Waals surface area contributed by atoms with E-state index in [9.17, 15) is 9.59 Å². The van der Waals surface area contributed by atoms with Crippen LogP contribution in [-0.2, 0) is 21.6 Å². The Morgan fingerprint density at radius 2 is 1.97 bits per heavy atom. The molecule has 3 aliphatic rings. The van der Waals surface area contributed by atoms with Crippen molar-refractivity contribution >= 4 is 11.9 Å². The molecule has 4 heterocycles.